The Morgan fingerprint density at radius 3 is 2.76 bits per heavy atom. The van der Waals surface area contributed by atoms with Gasteiger partial charge >= 0.3 is 6.18 Å². The number of aromatic nitrogens is 2. The summed E-state index contributed by atoms with van der Waals surface area (Å²) in [5.74, 6) is -0.298. The van der Waals surface area contributed by atoms with Crippen molar-refractivity contribution in [2.75, 3.05) is 20.3 Å². The molecule has 5 nitrogen and oxygen atoms in total. The second-order valence-corrected chi connectivity index (χ2v) is 5.13. The maximum absolute atomic E-state index is 12.8. The highest BCUT2D eigenvalue weighted by molar-refractivity contribution is 5.79. The van der Waals surface area contributed by atoms with Crippen molar-refractivity contribution in [1.29, 1.82) is 0 Å². The third kappa shape index (κ3) is 3.75. The molecule has 0 saturated heterocycles. The predicted octanol–water partition coefficient (Wildman–Crippen LogP) is 2.10. The molecule has 21 heavy (non-hydrogen) atoms. The van der Waals surface area contributed by atoms with Gasteiger partial charge in [0.2, 0.25) is 5.91 Å². The van der Waals surface area contributed by atoms with E-state index >= 15 is 0 Å². The van der Waals surface area contributed by atoms with Crippen molar-refractivity contribution in [3.8, 4) is 0 Å². The molecule has 118 valence electrons. The Labute approximate surface area is 120 Å². The van der Waals surface area contributed by atoms with Crippen LogP contribution in [0.2, 0.25) is 0 Å². The van der Waals surface area contributed by atoms with E-state index in [4.69, 9.17) is 4.74 Å². The van der Waals surface area contributed by atoms with E-state index in [-0.39, 0.29) is 11.8 Å². The van der Waals surface area contributed by atoms with Crippen molar-refractivity contribution >= 4 is 5.91 Å². The summed E-state index contributed by atoms with van der Waals surface area (Å²) in [4.78, 5) is 12.0. The molecule has 2 rings (SSSR count). The number of hydrogen-bond donors (Lipinski definition) is 1. The van der Waals surface area contributed by atoms with E-state index in [9.17, 15) is 18.0 Å². The monoisotopic (exact) mass is 305 g/mol. The Morgan fingerprint density at radius 1 is 1.57 bits per heavy atom. The number of nitrogens with one attached hydrogen (secondary N) is 1. The molecule has 0 radical (unpaired) electrons. The van der Waals surface area contributed by atoms with E-state index in [0.717, 1.165) is 18.9 Å². The zero-order valence-corrected chi connectivity index (χ0v) is 11.9. The number of methoxy groups -OCH3 is 1. The van der Waals surface area contributed by atoms with Gasteiger partial charge in [-0.3, -0.25) is 9.48 Å². The van der Waals surface area contributed by atoms with Crippen molar-refractivity contribution in [3.05, 3.63) is 17.5 Å². The molecule has 1 saturated carbocycles. The SMILES string of the molecule is COCCNC(=O)C(C)n1nc(C(F)(F)F)cc1C1CC1. The number of rotatable bonds is 6. The van der Waals surface area contributed by atoms with Crippen LogP contribution >= 0.6 is 0 Å². The molecule has 1 aromatic heterocycles. The minimum Gasteiger partial charge on any atom is -0.383 e. The van der Waals surface area contributed by atoms with Crippen LogP contribution in [0.1, 0.15) is 43.1 Å². The lowest BCUT2D eigenvalue weighted by Crippen LogP contribution is -2.34. The molecule has 0 aliphatic heterocycles. The lowest BCUT2D eigenvalue weighted by molar-refractivity contribution is -0.142. The number of nitrogens with zero attached hydrogens (tertiary/aromatic N) is 2. The predicted molar refractivity (Wildman–Crippen MR) is 68.8 cm³/mol. The number of ether oxygens (including phenoxy) is 1. The molecular formula is C13H18F3N3O2. The third-order valence-electron chi connectivity index (χ3n) is 3.40. The molecule has 1 atom stereocenters. The van der Waals surface area contributed by atoms with E-state index in [1.807, 2.05) is 0 Å². The maximum atomic E-state index is 12.8. The van der Waals surface area contributed by atoms with Gasteiger partial charge in [-0.1, -0.05) is 0 Å². The minimum atomic E-state index is -4.50. The molecule has 0 bridgehead atoms. The van der Waals surface area contributed by atoms with Gasteiger partial charge in [-0.2, -0.15) is 18.3 Å². The van der Waals surface area contributed by atoms with Gasteiger partial charge in [0.25, 0.3) is 0 Å². The smallest absolute Gasteiger partial charge is 0.383 e. The summed E-state index contributed by atoms with van der Waals surface area (Å²) in [6.07, 6.45) is -2.83. The lowest BCUT2D eigenvalue weighted by Gasteiger charge is -2.15. The molecule has 1 amide bonds. The fourth-order valence-electron chi connectivity index (χ4n) is 2.08. The van der Waals surface area contributed by atoms with E-state index in [1.54, 1.807) is 6.92 Å². The normalized spacial score (nSPS) is 16.8. The molecule has 1 fully saturated rings. The lowest BCUT2D eigenvalue weighted by atomic mass is 10.2. The molecule has 0 aromatic carbocycles. The van der Waals surface area contributed by atoms with Crippen molar-refractivity contribution in [2.24, 2.45) is 0 Å². The Balaban J connectivity index is 2.17. The van der Waals surface area contributed by atoms with Gasteiger partial charge < -0.3 is 10.1 Å². The first-order valence-corrected chi connectivity index (χ1v) is 6.78. The van der Waals surface area contributed by atoms with E-state index in [0.29, 0.717) is 18.8 Å². The van der Waals surface area contributed by atoms with Crippen molar-refractivity contribution in [3.63, 3.8) is 0 Å². The second-order valence-electron chi connectivity index (χ2n) is 5.13. The Morgan fingerprint density at radius 2 is 2.24 bits per heavy atom. The molecule has 1 aliphatic rings. The average Bonchev–Trinajstić information content (AvgIpc) is 3.15. The number of amides is 1. The molecule has 8 heteroatoms. The number of carbonyl (C=O) groups excluding carboxylic acids is 1. The van der Waals surface area contributed by atoms with Crippen LogP contribution in [0, 0.1) is 0 Å². The van der Waals surface area contributed by atoms with E-state index in [1.165, 1.54) is 11.8 Å². The van der Waals surface area contributed by atoms with Gasteiger partial charge in [0.15, 0.2) is 5.69 Å². The molecule has 1 aliphatic carbocycles. The summed E-state index contributed by atoms with van der Waals surface area (Å²) >= 11 is 0. The summed E-state index contributed by atoms with van der Waals surface area (Å²) in [5.41, 5.74) is -0.461. The number of halogens is 3. The molecule has 1 N–H and O–H groups in total. The van der Waals surface area contributed by atoms with Crippen LogP contribution in [-0.2, 0) is 15.7 Å². The Kier molecular flexibility index (Phi) is 4.55. The summed E-state index contributed by atoms with van der Waals surface area (Å²) in [5, 5.41) is 6.20. The molecule has 1 unspecified atom stereocenters. The first-order valence-electron chi connectivity index (χ1n) is 6.78. The molecule has 0 spiro atoms. The third-order valence-corrected chi connectivity index (χ3v) is 3.40. The topological polar surface area (TPSA) is 56.1 Å². The standard InChI is InChI=1S/C13H18F3N3O2/c1-8(12(20)17-5-6-21-2)19-10(9-3-4-9)7-11(18-19)13(14,15)16/h7-9H,3-6H2,1-2H3,(H,17,20). The number of carbonyl (C=O) groups is 1. The van der Waals surface area contributed by atoms with Crippen LogP contribution in [-0.4, -0.2) is 35.9 Å². The van der Waals surface area contributed by atoms with Gasteiger partial charge in [-0.05, 0) is 25.8 Å². The van der Waals surface area contributed by atoms with Crippen LogP contribution in [0.3, 0.4) is 0 Å². The zero-order valence-electron chi connectivity index (χ0n) is 11.9. The summed E-state index contributed by atoms with van der Waals surface area (Å²) in [6, 6.07) is 0.268. The maximum Gasteiger partial charge on any atom is 0.435 e. The Hall–Kier alpha value is -1.57. The van der Waals surface area contributed by atoms with Crippen LogP contribution in [0.15, 0.2) is 6.07 Å². The quantitative estimate of drug-likeness (QED) is 0.819. The fraction of sp³-hybridized carbons (Fsp3) is 0.692. The van der Waals surface area contributed by atoms with Gasteiger partial charge in [0, 0.05) is 25.3 Å². The van der Waals surface area contributed by atoms with E-state index in [2.05, 4.69) is 10.4 Å². The summed E-state index contributed by atoms with van der Waals surface area (Å²) in [7, 11) is 1.50. The molecular weight excluding hydrogens is 287 g/mol. The summed E-state index contributed by atoms with van der Waals surface area (Å²) < 4.78 is 44.4. The summed E-state index contributed by atoms with van der Waals surface area (Å²) in [6.45, 7) is 2.20. The Bertz CT molecular complexity index is 509. The molecule has 1 heterocycles. The highest BCUT2D eigenvalue weighted by Crippen LogP contribution is 2.42. The fourth-order valence-corrected chi connectivity index (χ4v) is 2.08. The zero-order chi connectivity index (χ0) is 15.6. The average molecular weight is 305 g/mol. The van der Waals surface area contributed by atoms with Gasteiger partial charge in [0.05, 0.1) is 6.61 Å². The van der Waals surface area contributed by atoms with Crippen molar-refractivity contribution in [1.82, 2.24) is 15.1 Å². The van der Waals surface area contributed by atoms with Gasteiger partial charge in [0.1, 0.15) is 6.04 Å². The first kappa shape index (κ1) is 15.8. The van der Waals surface area contributed by atoms with Crippen LogP contribution in [0.5, 0.6) is 0 Å². The molecule has 1 aromatic rings. The van der Waals surface area contributed by atoms with E-state index < -0.39 is 17.9 Å². The second kappa shape index (κ2) is 6.05. The number of alkyl halides is 3. The first-order chi connectivity index (χ1) is 9.84. The van der Waals surface area contributed by atoms with Crippen LogP contribution < -0.4 is 5.32 Å². The minimum absolute atomic E-state index is 0.0721. The largest absolute Gasteiger partial charge is 0.435 e. The van der Waals surface area contributed by atoms with Gasteiger partial charge in [-0.15, -0.1) is 0 Å². The van der Waals surface area contributed by atoms with Crippen molar-refractivity contribution in [2.45, 2.75) is 37.9 Å². The highest BCUT2D eigenvalue weighted by atomic mass is 19.4. The van der Waals surface area contributed by atoms with Crippen LogP contribution in [0.4, 0.5) is 13.2 Å². The highest BCUT2D eigenvalue weighted by Gasteiger charge is 2.39. The van der Waals surface area contributed by atoms with Crippen molar-refractivity contribution < 1.29 is 22.7 Å². The van der Waals surface area contributed by atoms with Gasteiger partial charge in [-0.25, -0.2) is 0 Å². The van der Waals surface area contributed by atoms with Crippen LogP contribution in [0.25, 0.3) is 0 Å². The number of hydrogen-bond acceptors (Lipinski definition) is 3.